The van der Waals surface area contributed by atoms with E-state index in [0.717, 1.165) is 0 Å². The summed E-state index contributed by atoms with van der Waals surface area (Å²) < 4.78 is 0. The van der Waals surface area contributed by atoms with Gasteiger partial charge in [0, 0.05) is 18.8 Å². The SMILES string of the molecule is CC1C(=O)NCCN1C(=O)Nc1ccc(C(=O)O)c(Cl)c1. The molecular weight excluding hydrogens is 298 g/mol. The minimum atomic E-state index is -1.14. The number of carbonyl (C=O) groups is 3. The van der Waals surface area contributed by atoms with E-state index in [2.05, 4.69) is 10.6 Å². The number of carboxylic acid groups (broad SMARTS) is 1. The number of rotatable bonds is 2. The second-order valence-electron chi connectivity index (χ2n) is 4.59. The lowest BCUT2D eigenvalue weighted by atomic mass is 10.2. The van der Waals surface area contributed by atoms with E-state index in [1.807, 2.05) is 0 Å². The molecule has 0 aliphatic carbocycles. The normalized spacial score (nSPS) is 18.1. The second kappa shape index (κ2) is 6.01. The highest BCUT2D eigenvalue weighted by atomic mass is 35.5. The molecule has 1 saturated heterocycles. The maximum Gasteiger partial charge on any atom is 0.337 e. The van der Waals surface area contributed by atoms with Crippen molar-refractivity contribution in [1.29, 1.82) is 0 Å². The minimum Gasteiger partial charge on any atom is -0.478 e. The number of urea groups is 1. The van der Waals surface area contributed by atoms with Crippen LogP contribution in [0.1, 0.15) is 17.3 Å². The van der Waals surface area contributed by atoms with Gasteiger partial charge in [-0.3, -0.25) is 4.79 Å². The van der Waals surface area contributed by atoms with Crippen LogP contribution in [0.5, 0.6) is 0 Å². The minimum absolute atomic E-state index is 0.0322. The van der Waals surface area contributed by atoms with E-state index >= 15 is 0 Å². The van der Waals surface area contributed by atoms with E-state index in [0.29, 0.717) is 18.8 Å². The molecule has 112 valence electrons. The molecule has 0 bridgehead atoms. The van der Waals surface area contributed by atoms with E-state index in [4.69, 9.17) is 16.7 Å². The molecule has 8 heteroatoms. The van der Waals surface area contributed by atoms with Crippen molar-refractivity contribution in [3.8, 4) is 0 Å². The Morgan fingerprint density at radius 1 is 1.48 bits per heavy atom. The number of amides is 3. The number of piperazine rings is 1. The zero-order chi connectivity index (χ0) is 15.6. The fourth-order valence-corrected chi connectivity index (χ4v) is 2.28. The molecule has 7 nitrogen and oxygen atoms in total. The van der Waals surface area contributed by atoms with E-state index in [1.165, 1.54) is 23.1 Å². The summed E-state index contributed by atoms with van der Waals surface area (Å²) in [6.45, 7) is 2.43. The molecule has 0 radical (unpaired) electrons. The number of hydrogen-bond donors (Lipinski definition) is 3. The standard InChI is InChI=1S/C13H14ClN3O4/c1-7-11(18)15-4-5-17(7)13(21)16-8-2-3-9(12(19)20)10(14)6-8/h2-3,6-7H,4-5H2,1H3,(H,15,18)(H,16,21)(H,19,20). The van der Waals surface area contributed by atoms with Crippen LogP contribution in [0.3, 0.4) is 0 Å². The summed E-state index contributed by atoms with van der Waals surface area (Å²) in [7, 11) is 0. The Bertz CT molecular complexity index is 605. The maximum absolute atomic E-state index is 12.1. The smallest absolute Gasteiger partial charge is 0.337 e. The van der Waals surface area contributed by atoms with Crippen LogP contribution in [0.2, 0.25) is 5.02 Å². The molecule has 0 saturated carbocycles. The van der Waals surface area contributed by atoms with Crippen molar-refractivity contribution < 1.29 is 19.5 Å². The summed E-state index contributed by atoms with van der Waals surface area (Å²) in [6, 6.07) is 3.12. The van der Waals surface area contributed by atoms with Gasteiger partial charge in [0.2, 0.25) is 5.91 Å². The number of halogens is 1. The molecule has 3 N–H and O–H groups in total. The first-order valence-electron chi connectivity index (χ1n) is 6.28. The Labute approximate surface area is 125 Å². The van der Waals surface area contributed by atoms with Crippen molar-refractivity contribution in [2.24, 2.45) is 0 Å². The molecule has 1 heterocycles. The van der Waals surface area contributed by atoms with E-state index in [1.54, 1.807) is 6.92 Å². The molecule has 1 aromatic rings. The van der Waals surface area contributed by atoms with Crippen LogP contribution in [0.15, 0.2) is 18.2 Å². The van der Waals surface area contributed by atoms with Gasteiger partial charge in [0.1, 0.15) is 6.04 Å². The van der Waals surface area contributed by atoms with Crippen molar-refractivity contribution in [1.82, 2.24) is 10.2 Å². The van der Waals surface area contributed by atoms with Crippen LogP contribution < -0.4 is 10.6 Å². The summed E-state index contributed by atoms with van der Waals surface area (Å²) in [5.74, 6) is -1.35. The summed E-state index contributed by atoms with van der Waals surface area (Å²) in [5, 5.41) is 14.2. The first kappa shape index (κ1) is 15.1. The molecule has 21 heavy (non-hydrogen) atoms. The van der Waals surface area contributed by atoms with Gasteiger partial charge < -0.3 is 20.6 Å². The van der Waals surface area contributed by atoms with Crippen LogP contribution in [0.25, 0.3) is 0 Å². The molecule has 0 aromatic heterocycles. The lowest BCUT2D eigenvalue weighted by Gasteiger charge is -2.32. The predicted octanol–water partition coefficient (Wildman–Crippen LogP) is 1.39. The Morgan fingerprint density at radius 2 is 2.19 bits per heavy atom. The third kappa shape index (κ3) is 3.25. The van der Waals surface area contributed by atoms with Crippen LogP contribution >= 0.6 is 11.6 Å². The van der Waals surface area contributed by atoms with Gasteiger partial charge in [-0.1, -0.05) is 11.6 Å². The zero-order valence-corrected chi connectivity index (χ0v) is 12.0. The number of hydrogen-bond acceptors (Lipinski definition) is 3. The number of benzene rings is 1. The van der Waals surface area contributed by atoms with Gasteiger partial charge in [0.15, 0.2) is 0 Å². The number of anilines is 1. The van der Waals surface area contributed by atoms with Crippen molar-refractivity contribution in [2.45, 2.75) is 13.0 Å². The van der Waals surface area contributed by atoms with Crippen LogP contribution in [0, 0.1) is 0 Å². The monoisotopic (exact) mass is 311 g/mol. The van der Waals surface area contributed by atoms with Crippen LogP contribution in [0.4, 0.5) is 10.5 Å². The molecular formula is C13H14ClN3O4. The predicted molar refractivity (Wildman–Crippen MR) is 76.6 cm³/mol. The van der Waals surface area contributed by atoms with Gasteiger partial charge in [-0.25, -0.2) is 9.59 Å². The first-order chi connectivity index (χ1) is 9.90. The fraction of sp³-hybridized carbons (Fsp3) is 0.308. The molecule has 1 fully saturated rings. The van der Waals surface area contributed by atoms with Crippen molar-refractivity contribution in [2.75, 3.05) is 18.4 Å². The molecule has 1 atom stereocenters. The lowest BCUT2D eigenvalue weighted by molar-refractivity contribution is -0.126. The quantitative estimate of drug-likeness (QED) is 0.768. The van der Waals surface area contributed by atoms with Gasteiger partial charge in [0.25, 0.3) is 0 Å². The van der Waals surface area contributed by atoms with Gasteiger partial charge in [0.05, 0.1) is 10.6 Å². The Kier molecular flexibility index (Phi) is 4.32. The highest BCUT2D eigenvalue weighted by Gasteiger charge is 2.29. The number of carboxylic acids is 1. The van der Waals surface area contributed by atoms with Crippen molar-refractivity contribution >= 4 is 35.2 Å². The third-order valence-corrected chi connectivity index (χ3v) is 3.52. The summed E-state index contributed by atoms with van der Waals surface area (Å²) in [4.78, 5) is 35.9. The second-order valence-corrected chi connectivity index (χ2v) is 5.00. The highest BCUT2D eigenvalue weighted by molar-refractivity contribution is 6.33. The van der Waals surface area contributed by atoms with Crippen molar-refractivity contribution in [3.63, 3.8) is 0 Å². The van der Waals surface area contributed by atoms with Crippen molar-refractivity contribution in [3.05, 3.63) is 28.8 Å². The van der Waals surface area contributed by atoms with E-state index in [9.17, 15) is 14.4 Å². The molecule has 1 aliphatic rings. The number of nitrogens with one attached hydrogen (secondary N) is 2. The maximum atomic E-state index is 12.1. The van der Waals surface area contributed by atoms with Crippen LogP contribution in [-0.2, 0) is 4.79 Å². The van der Waals surface area contributed by atoms with Gasteiger partial charge in [-0.15, -0.1) is 0 Å². The number of carbonyl (C=O) groups excluding carboxylic acids is 2. The number of aromatic carboxylic acids is 1. The molecule has 2 rings (SSSR count). The Hall–Kier alpha value is -2.28. The molecule has 0 spiro atoms. The summed E-state index contributed by atoms with van der Waals surface area (Å²) >= 11 is 5.84. The average Bonchev–Trinajstić information content (AvgIpc) is 2.41. The van der Waals surface area contributed by atoms with Gasteiger partial charge in [-0.2, -0.15) is 0 Å². The number of nitrogens with zero attached hydrogens (tertiary/aromatic N) is 1. The Balaban J connectivity index is 2.11. The summed E-state index contributed by atoms with van der Waals surface area (Å²) in [6.07, 6.45) is 0. The zero-order valence-electron chi connectivity index (χ0n) is 11.2. The Morgan fingerprint density at radius 3 is 2.81 bits per heavy atom. The first-order valence-corrected chi connectivity index (χ1v) is 6.66. The van der Waals surface area contributed by atoms with Gasteiger partial charge in [-0.05, 0) is 25.1 Å². The van der Waals surface area contributed by atoms with Crippen LogP contribution in [-0.4, -0.2) is 47.0 Å². The van der Waals surface area contributed by atoms with E-state index in [-0.39, 0.29) is 16.5 Å². The summed E-state index contributed by atoms with van der Waals surface area (Å²) in [5.41, 5.74) is 0.327. The molecule has 1 unspecified atom stereocenters. The fourth-order valence-electron chi connectivity index (χ4n) is 2.02. The topological polar surface area (TPSA) is 98.7 Å². The lowest BCUT2D eigenvalue weighted by Crippen LogP contribution is -2.56. The van der Waals surface area contributed by atoms with E-state index < -0.39 is 18.0 Å². The third-order valence-electron chi connectivity index (χ3n) is 3.21. The largest absolute Gasteiger partial charge is 0.478 e. The molecule has 1 aliphatic heterocycles. The van der Waals surface area contributed by atoms with Gasteiger partial charge >= 0.3 is 12.0 Å². The highest BCUT2D eigenvalue weighted by Crippen LogP contribution is 2.21. The molecule has 1 aromatic carbocycles. The average molecular weight is 312 g/mol. The molecule has 3 amide bonds.